The van der Waals surface area contributed by atoms with E-state index in [1.165, 1.54) is 16.3 Å². The summed E-state index contributed by atoms with van der Waals surface area (Å²) in [6.07, 6.45) is 9.45. The molecule has 2 N–H and O–H groups in total. The number of benzene rings is 1. The minimum absolute atomic E-state index is 0.319. The normalized spacial score (nSPS) is 22.9. The summed E-state index contributed by atoms with van der Waals surface area (Å²) in [6.45, 7) is 2.16. The van der Waals surface area contributed by atoms with Crippen molar-refractivity contribution in [2.24, 2.45) is 5.73 Å². The molecule has 1 aliphatic rings. The zero-order chi connectivity index (χ0) is 13.9. The van der Waals surface area contributed by atoms with Crippen LogP contribution in [0.1, 0.15) is 38.2 Å². The van der Waals surface area contributed by atoms with Gasteiger partial charge in [0.25, 0.3) is 0 Å². The van der Waals surface area contributed by atoms with Crippen molar-refractivity contribution >= 4 is 10.8 Å². The lowest BCUT2D eigenvalue weighted by Crippen LogP contribution is -2.31. The molecule has 0 spiro atoms. The summed E-state index contributed by atoms with van der Waals surface area (Å²) in [5, 5.41) is 2.44. The minimum Gasteiger partial charge on any atom is -0.490 e. The Balaban J connectivity index is 1.82. The lowest BCUT2D eigenvalue weighted by atomic mass is 9.93. The molecule has 20 heavy (non-hydrogen) atoms. The lowest BCUT2D eigenvalue weighted by Gasteiger charge is -2.26. The van der Waals surface area contributed by atoms with Gasteiger partial charge in [-0.2, -0.15) is 0 Å². The van der Waals surface area contributed by atoms with Crippen LogP contribution in [0.4, 0.5) is 0 Å². The number of hydrogen-bond donors (Lipinski definition) is 1. The standard InChI is InChI=1S/C17H22N2O/c1-2-12-10-19-11-13-3-6-16(9-17(12)13)20-15-7-4-14(18)5-8-15/h3,6,9-11,14-15H,2,4-5,7-8,18H2,1H3/t14-,15+. The first-order chi connectivity index (χ1) is 9.76. The molecule has 1 aliphatic carbocycles. The molecular formula is C17H22N2O. The van der Waals surface area contributed by atoms with Crippen molar-refractivity contribution in [2.45, 2.75) is 51.2 Å². The molecule has 0 bridgehead atoms. The van der Waals surface area contributed by atoms with Crippen LogP contribution in [0.3, 0.4) is 0 Å². The largest absolute Gasteiger partial charge is 0.490 e. The van der Waals surface area contributed by atoms with Crippen LogP contribution < -0.4 is 10.5 Å². The first-order valence-electron chi connectivity index (χ1n) is 7.55. The van der Waals surface area contributed by atoms with E-state index < -0.39 is 0 Å². The van der Waals surface area contributed by atoms with Crippen LogP contribution in [-0.4, -0.2) is 17.1 Å². The van der Waals surface area contributed by atoms with Crippen LogP contribution >= 0.6 is 0 Å². The van der Waals surface area contributed by atoms with Crippen molar-refractivity contribution in [3.63, 3.8) is 0 Å². The van der Waals surface area contributed by atoms with Crippen molar-refractivity contribution < 1.29 is 4.74 Å². The predicted molar refractivity (Wildman–Crippen MR) is 82.0 cm³/mol. The van der Waals surface area contributed by atoms with Gasteiger partial charge >= 0.3 is 0 Å². The third-order valence-electron chi connectivity index (χ3n) is 4.22. The summed E-state index contributed by atoms with van der Waals surface area (Å²) in [5.41, 5.74) is 7.22. The minimum atomic E-state index is 0.319. The second-order valence-corrected chi connectivity index (χ2v) is 5.69. The second-order valence-electron chi connectivity index (χ2n) is 5.69. The Morgan fingerprint density at radius 3 is 2.75 bits per heavy atom. The van der Waals surface area contributed by atoms with Gasteiger partial charge < -0.3 is 10.5 Å². The highest BCUT2D eigenvalue weighted by atomic mass is 16.5. The van der Waals surface area contributed by atoms with Crippen molar-refractivity contribution in [3.8, 4) is 5.75 Å². The molecule has 1 fully saturated rings. The van der Waals surface area contributed by atoms with Crippen molar-refractivity contribution in [2.75, 3.05) is 0 Å². The number of pyridine rings is 1. The van der Waals surface area contributed by atoms with Crippen LogP contribution in [0.5, 0.6) is 5.75 Å². The number of nitrogens with two attached hydrogens (primary N) is 1. The maximum Gasteiger partial charge on any atom is 0.120 e. The van der Waals surface area contributed by atoms with Gasteiger partial charge in [-0.15, -0.1) is 0 Å². The molecule has 1 heterocycles. The highest BCUT2D eigenvalue weighted by molar-refractivity contribution is 5.86. The fraction of sp³-hybridized carbons (Fsp3) is 0.471. The van der Waals surface area contributed by atoms with Crippen molar-refractivity contribution in [1.82, 2.24) is 4.98 Å². The number of rotatable bonds is 3. The number of ether oxygens (including phenoxy) is 1. The Morgan fingerprint density at radius 2 is 2.00 bits per heavy atom. The van der Waals surface area contributed by atoms with Gasteiger partial charge in [0, 0.05) is 23.8 Å². The number of fused-ring (bicyclic) bond motifs is 1. The van der Waals surface area contributed by atoms with Crippen LogP contribution in [-0.2, 0) is 6.42 Å². The zero-order valence-electron chi connectivity index (χ0n) is 12.0. The molecule has 0 radical (unpaired) electrons. The molecule has 1 aromatic carbocycles. The molecule has 3 heteroatoms. The molecule has 0 unspecified atom stereocenters. The Hall–Kier alpha value is -1.61. The van der Waals surface area contributed by atoms with E-state index in [1.54, 1.807) is 0 Å². The first-order valence-corrected chi connectivity index (χ1v) is 7.55. The summed E-state index contributed by atoms with van der Waals surface area (Å²) in [7, 11) is 0. The van der Waals surface area contributed by atoms with Gasteiger partial charge in [0.2, 0.25) is 0 Å². The molecule has 0 aliphatic heterocycles. The van der Waals surface area contributed by atoms with Gasteiger partial charge in [0.15, 0.2) is 0 Å². The third kappa shape index (κ3) is 2.78. The highest BCUT2D eigenvalue weighted by Gasteiger charge is 2.19. The Labute approximate surface area is 120 Å². The molecule has 3 rings (SSSR count). The molecule has 106 valence electrons. The fourth-order valence-corrected chi connectivity index (χ4v) is 2.96. The summed E-state index contributed by atoms with van der Waals surface area (Å²) in [6, 6.07) is 6.68. The van der Waals surface area contributed by atoms with Gasteiger partial charge in [0.1, 0.15) is 5.75 Å². The topological polar surface area (TPSA) is 48.1 Å². The Kier molecular flexibility index (Phi) is 3.88. The van der Waals surface area contributed by atoms with Gasteiger partial charge in [-0.3, -0.25) is 4.98 Å². The molecule has 3 nitrogen and oxygen atoms in total. The van der Waals surface area contributed by atoms with Crippen LogP contribution in [0.15, 0.2) is 30.6 Å². The summed E-state index contributed by atoms with van der Waals surface area (Å²) in [5.74, 6) is 0.971. The van der Waals surface area contributed by atoms with Crippen LogP contribution in [0.2, 0.25) is 0 Å². The molecule has 0 saturated heterocycles. The average molecular weight is 270 g/mol. The maximum absolute atomic E-state index is 6.14. The van der Waals surface area contributed by atoms with E-state index in [4.69, 9.17) is 10.5 Å². The number of aryl methyl sites for hydroxylation is 1. The molecule has 1 aromatic heterocycles. The number of aromatic nitrogens is 1. The SMILES string of the molecule is CCc1cncc2ccc(O[C@H]3CC[C@@H](N)CC3)cc12. The van der Waals surface area contributed by atoms with E-state index in [2.05, 4.69) is 30.1 Å². The van der Waals surface area contributed by atoms with Gasteiger partial charge in [-0.05, 0) is 61.3 Å². The van der Waals surface area contributed by atoms with Gasteiger partial charge in [-0.1, -0.05) is 6.92 Å². The van der Waals surface area contributed by atoms with E-state index in [9.17, 15) is 0 Å². The molecular weight excluding hydrogens is 248 g/mol. The van der Waals surface area contributed by atoms with Gasteiger partial charge in [-0.25, -0.2) is 0 Å². The second kappa shape index (κ2) is 5.80. The van der Waals surface area contributed by atoms with E-state index in [-0.39, 0.29) is 0 Å². The van der Waals surface area contributed by atoms with Crippen molar-refractivity contribution in [3.05, 3.63) is 36.2 Å². The van der Waals surface area contributed by atoms with E-state index in [1.807, 2.05) is 12.4 Å². The lowest BCUT2D eigenvalue weighted by molar-refractivity contribution is 0.147. The monoisotopic (exact) mass is 270 g/mol. The molecule has 0 atom stereocenters. The smallest absolute Gasteiger partial charge is 0.120 e. The highest BCUT2D eigenvalue weighted by Crippen LogP contribution is 2.27. The van der Waals surface area contributed by atoms with Crippen LogP contribution in [0.25, 0.3) is 10.8 Å². The fourth-order valence-electron chi connectivity index (χ4n) is 2.96. The summed E-state index contributed by atoms with van der Waals surface area (Å²) in [4.78, 5) is 4.28. The number of hydrogen-bond acceptors (Lipinski definition) is 3. The van der Waals surface area contributed by atoms with Crippen LogP contribution in [0, 0.1) is 0 Å². The zero-order valence-corrected chi connectivity index (χ0v) is 12.0. The van der Waals surface area contributed by atoms with E-state index >= 15 is 0 Å². The Morgan fingerprint density at radius 1 is 1.20 bits per heavy atom. The Bertz CT molecular complexity index is 589. The summed E-state index contributed by atoms with van der Waals surface area (Å²) < 4.78 is 6.14. The average Bonchev–Trinajstić information content (AvgIpc) is 2.49. The number of nitrogens with zero attached hydrogens (tertiary/aromatic N) is 1. The van der Waals surface area contributed by atoms with Gasteiger partial charge in [0.05, 0.1) is 6.10 Å². The maximum atomic E-state index is 6.14. The van der Waals surface area contributed by atoms with E-state index in [0.717, 1.165) is 37.9 Å². The summed E-state index contributed by atoms with van der Waals surface area (Å²) >= 11 is 0. The quantitative estimate of drug-likeness (QED) is 0.929. The van der Waals surface area contributed by atoms with Crippen molar-refractivity contribution in [1.29, 1.82) is 0 Å². The molecule has 1 saturated carbocycles. The third-order valence-corrected chi connectivity index (χ3v) is 4.22. The van der Waals surface area contributed by atoms with E-state index in [0.29, 0.717) is 12.1 Å². The molecule has 2 aromatic rings. The molecule has 0 amide bonds. The first kappa shape index (κ1) is 13.4. The predicted octanol–water partition coefficient (Wildman–Crippen LogP) is 3.45.